The number of anilines is 1. The Balaban J connectivity index is 1.58. The van der Waals surface area contributed by atoms with Crippen LogP contribution >= 0.6 is 0 Å². The maximum Gasteiger partial charge on any atom is 0.167 e. The zero-order valence-corrected chi connectivity index (χ0v) is 13.5. The van der Waals surface area contributed by atoms with Crippen molar-refractivity contribution in [1.29, 1.82) is 0 Å². The Morgan fingerprint density at radius 3 is 2.65 bits per heavy atom. The summed E-state index contributed by atoms with van der Waals surface area (Å²) in [5.74, 6) is 0.0715. The molecule has 122 valence electrons. The van der Waals surface area contributed by atoms with Gasteiger partial charge in [0.15, 0.2) is 11.6 Å². The summed E-state index contributed by atoms with van der Waals surface area (Å²) in [6, 6.07) is 9.34. The fraction of sp³-hybridized carbons (Fsp3) is 0.421. The molecule has 0 radical (unpaired) electrons. The highest BCUT2D eigenvalue weighted by Gasteiger charge is 2.18. The first-order valence-corrected chi connectivity index (χ1v) is 8.32. The Morgan fingerprint density at radius 1 is 1.22 bits per heavy atom. The number of nitrogens with one attached hydrogen (secondary N) is 1. The average Bonchev–Trinajstić information content (AvgIpc) is 3.04. The molecule has 0 aliphatic heterocycles. The van der Waals surface area contributed by atoms with E-state index in [-0.39, 0.29) is 18.0 Å². The Kier molecular flexibility index (Phi) is 5.11. The van der Waals surface area contributed by atoms with E-state index in [2.05, 4.69) is 17.2 Å². The van der Waals surface area contributed by atoms with E-state index in [1.807, 2.05) is 18.2 Å². The predicted molar refractivity (Wildman–Crippen MR) is 90.3 cm³/mol. The van der Waals surface area contributed by atoms with Gasteiger partial charge in [0.1, 0.15) is 0 Å². The van der Waals surface area contributed by atoms with Gasteiger partial charge >= 0.3 is 0 Å². The molecule has 0 unspecified atom stereocenters. The van der Waals surface area contributed by atoms with Crippen LogP contribution in [0, 0.1) is 5.82 Å². The number of nitrogens with zero attached hydrogens (tertiary/aromatic N) is 1. The zero-order chi connectivity index (χ0) is 16.1. The number of ether oxygens (including phenoxy) is 1. The maximum absolute atomic E-state index is 14.2. The number of hydrogen-bond acceptors (Lipinski definition) is 3. The molecule has 1 aliphatic rings. The van der Waals surface area contributed by atoms with E-state index in [4.69, 9.17) is 4.74 Å². The van der Waals surface area contributed by atoms with Crippen molar-refractivity contribution in [3.8, 4) is 5.75 Å². The summed E-state index contributed by atoms with van der Waals surface area (Å²) in [6.45, 7) is 2.08. The standard InChI is InChI=1S/C19H23FN2O/c1-14(12-15-8-10-21-11-9-15)22-16-6-7-19(18(20)13-16)23-17-4-2-3-5-17/h6-11,13-14,17,22H,2-5,12H2,1H3/t14-/m1/s1. The fourth-order valence-corrected chi connectivity index (χ4v) is 3.08. The molecule has 1 atom stereocenters. The molecular formula is C19H23FN2O. The maximum atomic E-state index is 14.2. The zero-order valence-electron chi connectivity index (χ0n) is 13.5. The molecule has 0 spiro atoms. The summed E-state index contributed by atoms with van der Waals surface area (Å²) < 4.78 is 20.0. The lowest BCUT2D eigenvalue weighted by Gasteiger charge is -2.17. The summed E-state index contributed by atoms with van der Waals surface area (Å²) in [6.07, 6.45) is 9.04. The van der Waals surface area contributed by atoms with Crippen molar-refractivity contribution in [3.05, 3.63) is 54.1 Å². The Labute approximate surface area is 136 Å². The normalized spacial score (nSPS) is 16.3. The van der Waals surface area contributed by atoms with Gasteiger partial charge in [-0.2, -0.15) is 0 Å². The summed E-state index contributed by atoms with van der Waals surface area (Å²) in [7, 11) is 0. The minimum absolute atomic E-state index is 0.175. The predicted octanol–water partition coefficient (Wildman–Crippen LogP) is 4.59. The van der Waals surface area contributed by atoms with Gasteiger partial charge in [-0.3, -0.25) is 4.98 Å². The quantitative estimate of drug-likeness (QED) is 0.847. The molecule has 0 saturated heterocycles. The third-order valence-electron chi connectivity index (χ3n) is 4.23. The van der Waals surface area contributed by atoms with Crippen LogP contribution in [0.4, 0.5) is 10.1 Å². The van der Waals surface area contributed by atoms with Crippen molar-refractivity contribution in [2.24, 2.45) is 0 Å². The van der Waals surface area contributed by atoms with Gasteiger partial charge < -0.3 is 10.1 Å². The van der Waals surface area contributed by atoms with Crippen LogP contribution in [0.15, 0.2) is 42.7 Å². The largest absolute Gasteiger partial charge is 0.487 e. The van der Waals surface area contributed by atoms with Crippen molar-refractivity contribution >= 4 is 5.69 Å². The lowest BCUT2D eigenvalue weighted by atomic mass is 10.1. The Hall–Kier alpha value is -2.10. The monoisotopic (exact) mass is 314 g/mol. The number of halogens is 1. The van der Waals surface area contributed by atoms with E-state index in [0.29, 0.717) is 5.75 Å². The van der Waals surface area contributed by atoms with Crippen LogP contribution in [0.5, 0.6) is 5.75 Å². The summed E-state index contributed by atoms with van der Waals surface area (Å²) >= 11 is 0. The first-order chi connectivity index (χ1) is 11.2. The molecule has 23 heavy (non-hydrogen) atoms. The van der Waals surface area contributed by atoms with Gasteiger partial charge in [0.2, 0.25) is 0 Å². The third-order valence-corrected chi connectivity index (χ3v) is 4.23. The first-order valence-electron chi connectivity index (χ1n) is 8.32. The number of pyridine rings is 1. The topological polar surface area (TPSA) is 34.2 Å². The molecule has 1 aromatic carbocycles. The highest BCUT2D eigenvalue weighted by molar-refractivity contribution is 5.48. The molecule has 2 aromatic rings. The van der Waals surface area contributed by atoms with E-state index < -0.39 is 0 Å². The molecule has 3 rings (SSSR count). The van der Waals surface area contributed by atoms with E-state index in [1.165, 1.54) is 24.5 Å². The lowest BCUT2D eigenvalue weighted by molar-refractivity contribution is 0.201. The molecule has 1 fully saturated rings. The molecule has 1 saturated carbocycles. The Bertz CT molecular complexity index is 627. The fourth-order valence-electron chi connectivity index (χ4n) is 3.08. The molecular weight excluding hydrogens is 291 g/mol. The van der Waals surface area contributed by atoms with Crippen molar-refractivity contribution in [3.63, 3.8) is 0 Å². The van der Waals surface area contributed by atoms with Crippen molar-refractivity contribution < 1.29 is 9.13 Å². The van der Waals surface area contributed by atoms with Crippen LogP contribution < -0.4 is 10.1 Å². The molecule has 3 nitrogen and oxygen atoms in total. The van der Waals surface area contributed by atoms with Crippen LogP contribution in [-0.4, -0.2) is 17.1 Å². The third kappa shape index (κ3) is 4.44. The Morgan fingerprint density at radius 2 is 1.96 bits per heavy atom. The lowest BCUT2D eigenvalue weighted by Crippen LogP contribution is -2.18. The van der Waals surface area contributed by atoms with E-state index in [1.54, 1.807) is 18.5 Å². The smallest absolute Gasteiger partial charge is 0.167 e. The summed E-state index contributed by atoms with van der Waals surface area (Å²) in [5.41, 5.74) is 1.99. The molecule has 0 bridgehead atoms. The van der Waals surface area contributed by atoms with Crippen molar-refractivity contribution in [1.82, 2.24) is 4.98 Å². The van der Waals surface area contributed by atoms with Crippen LogP contribution in [0.1, 0.15) is 38.2 Å². The van der Waals surface area contributed by atoms with Crippen LogP contribution in [0.25, 0.3) is 0 Å². The second-order valence-electron chi connectivity index (χ2n) is 6.27. The molecule has 1 aromatic heterocycles. The van der Waals surface area contributed by atoms with Gasteiger partial charge in [0.25, 0.3) is 0 Å². The van der Waals surface area contributed by atoms with Gasteiger partial charge in [-0.05, 0) is 68.9 Å². The number of aromatic nitrogens is 1. The summed E-state index contributed by atoms with van der Waals surface area (Å²) in [5, 5.41) is 3.34. The van der Waals surface area contributed by atoms with Crippen LogP contribution in [0.3, 0.4) is 0 Å². The number of benzene rings is 1. The van der Waals surface area contributed by atoms with Gasteiger partial charge in [0.05, 0.1) is 6.10 Å². The molecule has 1 aliphatic carbocycles. The second kappa shape index (κ2) is 7.44. The van der Waals surface area contributed by atoms with Gasteiger partial charge in [-0.1, -0.05) is 0 Å². The van der Waals surface area contributed by atoms with E-state index >= 15 is 0 Å². The minimum Gasteiger partial charge on any atom is -0.487 e. The highest BCUT2D eigenvalue weighted by atomic mass is 19.1. The first kappa shape index (κ1) is 15.8. The van der Waals surface area contributed by atoms with E-state index in [0.717, 1.165) is 24.9 Å². The van der Waals surface area contributed by atoms with Crippen molar-refractivity contribution in [2.45, 2.75) is 51.2 Å². The SMILES string of the molecule is C[C@H](Cc1ccncc1)Nc1ccc(OC2CCCC2)c(F)c1. The second-order valence-corrected chi connectivity index (χ2v) is 6.27. The van der Waals surface area contributed by atoms with Gasteiger partial charge in [-0.25, -0.2) is 4.39 Å². The molecule has 0 amide bonds. The average molecular weight is 314 g/mol. The van der Waals surface area contributed by atoms with Crippen LogP contribution in [0.2, 0.25) is 0 Å². The van der Waals surface area contributed by atoms with Gasteiger partial charge in [-0.15, -0.1) is 0 Å². The number of rotatable bonds is 6. The highest BCUT2D eigenvalue weighted by Crippen LogP contribution is 2.27. The molecule has 4 heteroatoms. The molecule has 1 heterocycles. The summed E-state index contributed by atoms with van der Waals surface area (Å²) in [4.78, 5) is 4.02. The molecule has 1 N–H and O–H groups in total. The number of hydrogen-bond donors (Lipinski definition) is 1. The van der Waals surface area contributed by atoms with E-state index in [9.17, 15) is 4.39 Å². The van der Waals surface area contributed by atoms with Crippen LogP contribution in [-0.2, 0) is 6.42 Å². The van der Waals surface area contributed by atoms with Gasteiger partial charge in [0, 0.05) is 30.2 Å². The van der Waals surface area contributed by atoms with Crippen molar-refractivity contribution in [2.75, 3.05) is 5.32 Å². The minimum atomic E-state index is -0.294.